The summed E-state index contributed by atoms with van der Waals surface area (Å²) in [6.07, 6.45) is 0.0310. The molecule has 116 valence electrons. The molecule has 1 fully saturated rings. The molecular formula is C13H16ClF2N3O2. The first kappa shape index (κ1) is 17.3. The third kappa shape index (κ3) is 3.89. The molecule has 0 saturated carbocycles. The number of nitrogens with zero attached hydrogens (tertiary/aromatic N) is 1. The van der Waals surface area contributed by atoms with Gasteiger partial charge in [-0.3, -0.25) is 9.59 Å². The molecule has 21 heavy (non-hydrogen) atoms. The molecule has 0 radical (unpaired) electrons. The lowest BCUT2D eigenvalue weighted by atomic mass is 10.2. The van der Waals surface area contributed by atoms with E-state index in [9.17, 15) is 18.4 Å². The number of hydrogen-bond donors (Lipinski definition) is 2. The highest BCUT2D eigenvalue weighted by Gasteiger charge is 2.34. The molecule has 5 nitrogen and oxygen atoms in total. The summed E-state index contributed by atoms with van der Waals surface area (Å²) in [5, 5.41) is 5.32. The van der Waals surface area contributed by atoms with Crippen LogP contribution < -0.4 is 15.5 Å². The Kier molecular flexibility index (Phi) is 6.04. The van der Waals surface area contributed by atoms with Crippen molar-refractivity contribution in [1.29, 1.82) is 0 Å². The molecule has 0 spiro atoms. The van der Waals surface area contributed by atoms with E-state index >= 15 is 0 Å². The van der Waals surface area contributed by atoms with E-state index in [1.807, 2.05) is 0 Å². The number of para-hydroxylation sites is 1. The van der Waals surface area contributed by atoms with Crippen molar-refractivity contribution in [3.8, 4) is 0 Å². The van der Waals surface area contributed by atoms with Crippen LogP contribution in [0, 0.1) is 11.6 Å². The van der Waals surface area contributed by atoms with Gasteiger partial charge in [-0.25, -0.2) is 8.78 Å². The van der Waals surface area contributed by atoms with E-state index in [1.165, 1.54) is 6.07 Å². The summed E-state index contributed by atoms with van der Waals surface area (Å²) >= 11 is 0. The van der Waals surface area contributed by atoms with Crippen molar-refractivity contribution < 1.29 is 18.4 Å². The van der Waals surface area contributed by atoms with Crippen molar-refractivity contribution >= 4 is 29.9 Å². The van der Waals surface area contributed by atoms with Gasteiger partial charge in [-0.2, -0.15) is 0 Å². The molecule has 1 aliphatic heterocycles. The zero-order valence-corrected chi connectivity index (χ0v) is 12.2. The van der Waals surface area contributed by atoms with E-state index in [4.69, 9.17) is 0 Å². The summed E-state index contributed by atoms with van der Waals surface area (Å²) in [7, 11) is 1.63. The highest BCUT2D eigenvalue weighted by Crippen LogP contribution is 2.27. The van der Waals surface area contributed by atoms with Gasteiger partial charge in [-0.05, 0) is 19.2 Å². The number of halogens is 3. The Morgan fingerprint density at radius 3 is 2.57 bits per heavy atom. The van der Waals surface area contributed by atoms with Gasteiger partial charge < -0.3 is 15.5 Å². The topological polar surface area (TPSA) is 61.4 Å². The second-order valence-corrected chi connectivity index (χ2v) is 4.57. The average molecular weight is 320 g/mol. The predicted octanol–water partition coefficient (Wildman–Crippen LogP) is 0.827. The van der Waals surface area contributed by atoms with Gasteiger partial charge in [0.05, 0.1) is 12.6 Å². The Balaban J connectivity index is 0.00000220. The van der Waals surface area contributed by atoms with E-state index in [0.29, 0.717) is 0 Å². The number of carbonyl (C=O) groups excluding carboxylic acids is 2. The lowest BCUT2D eigenvalue weighted by Gasteiger charge is -2.18. The van der Waals surface area contributed by atoms with Gasteiger partial charge in [0.25, 0.3) is 0 Å². The molecule has 2 N–H and O–H groups in total. The maximum absolute atomic E-state index is 13.7. The number of carbonyl (C=O) groups is 2. The minimum atomic E-state index is -0.791. The van der Waals surface area contributed by atoms with Crippen LogP contribution in [0.4, 0.5) is 14.5 Å². The molecule has 0 bridgehead atoms. The Morgan fingerprint density at radius 1 is 1.38 bits per heavy atom. The number of anilines is 1. The van der Waals surface area contributed by atoms with Crippen molar-refractivity contribution in [2.75, 3.05) is 25.0 Å². The Hall–Kier alpha value is -1.73. The van der Waals surface area contributed by atoms with E-state index in [-0.39, 0.29) is 43.5 Å². The van der Waals surface area contributed by atoms with Crippen LogP contribution in [-0.4, -0.2) is 38.0 Å². The summed E-state index contributed by atoms with van der Waals surface area (Å²) in [6, 6.07) is 2.99. The Labute approximate surface area is 127 Å². The van der Waals surface area contributed by atoms with Crippen molar-refractivity contribution in [1.82, 2.24) is 10.6 Å². The molecule has 1 saturated heterocycles. The van der Waals surface area contributed by atoms with Crippen LogP contribution in [-0.2, 0) is 9.59 Å². The monoisotopic (exact) mass is 319 g/mol. The third-order valence-electron chi connectivity index (χ3n) is 3.03. The Bertz CT molecular complexity index is 522. The zero-order valence-electron chi connectivity index (χ0n) is 11.4. The summed E-state index contributed by atoms with van der Waals surface area (Å²) in [5.74, 6) is -2.26. The second kappa shape index (κ2) is 7.33. The lowest BCUT2D eigenvalue weighted by Crippen LogP contribution is -2.41. The van der Waals surface area contributed by atoms with E-state index in [1.54, 1.807) is 7.05 Å². The molecule has 2 rings (SSSR count). The van der Waals surface area contributed by atoms with Crippen LogP contribution in [0.2, 0.25) is 0 Å². The fourth-order valence-electron chi connectivity index (χ4n) is 2.21. The first-order valence-corrected chi connectivity index (χ1v) is 6.21. The molecule has 2 amide bonds. The van der Waals surface area contributed by atoms with E-state index in [0.717, 1.165) is 17.0 Å². The molecule has 0 aromatic heterocycles. The third-order valence-corrected chi connectivity index (χ3v) is 3.03. The van der Waals surface area contributed by atoms with Crippen LogP contribution in [0.15, 0.2) is 18.2 Å². The van der Waals surface area contributed by atoms with Crippen LogP contribution >= 0.6 is 12.4 Å². The second-order valence-electron chi connectivity index (χ2n) is 4.57. The van der Waals surface area contributed by atoms with Gasteiger partial charge in [0.1, 0.15) is 17.3 Å². The summed E-state index contributed by atoms with van der Waals surface area (Å²) in [4.78, 5) is 24.3. The normalized spacial score (nSPS) is 17.6. The molecule has 1 aromatic carbocycles. The van der Waals surface area contributed by atoms with Gasteiger partial charge in [0.15, 0.2) is 0 Å². The highest BCUT2D eigenvalue weighted by molar-refractivity contribution is 5.97. The van der Waals surface area contributed by atoms with Gasteiger partial charge in [0.2, 0.25) is 11.8 Å². The lowest BCUT2D eigenvalue weighted by molar-refractivity contribution is -0.120. The predicted molar refractivity (Wildman–Crippen MR) is 76.4 cm³/mol. The van der Waals surface area contributed by atoms with Gasteiger partial charge >= 0.3 is 0 Å². The largest absolute Gasteiger partial charge is 0.350 e. The molecule has 1 unspecified atom stereocenters. The van der Waals surface area contributed by atoms with Crippen LogP contribution in [0.25, 0.3) is 0 Å². The molecule has 1 atom stereocenters. The molecular weight excluding hydrogens is 304 g/mol. The standard InChI is InChI=1S/C13H15F2N3O2.ClH/c1-16-6-11(19)17-8-5-12(20)18(7-8)13-9(14)3-2-4-10(13)15;/h2-4,8,16H,5-7H2,1H3,(H,17,19);1H. The first-order valence-electron chi connectivity index (χ1n) is 6.21. The Morgan fingerprint density at radius 2 is 2.00 bits per heavy atom. The number of nitrogens with one attached hydrogen (secondary N) is 2. The molecule has 0 aliphatic carbocycles. The number of likely N-dealkylation sites (N-methyl/N-ethyl adjacent to an activating group) is 1. The van der Waals surface area contributed by atoms with E-state index < -0.39 is 23.6 Å². The molecule has 8 heteroatoms. The minimum absolute atomic E-state index is 0. The quantitative estimate of drug-likeness (QED) is 0.864. The SMILES string of the molecule is CNCC(=O)NC1CC(=O)N(c2c(F)cccc2F)C1.Cl. The summed E-state index contributed by atoms with van der Waals surface area (Å²) < 4.78 is 27.3. The van der Waals surface area contributed by atoms with Crippen LogP contribution in [0.1, 0.15) is 6.42 Å². The van der Waals surface area contributed by atoms with Gasteiger partial charge in [-0.1, -0.05) is 6.07 Å². The smallest absolute Gasteiger partial charge is 0.234 e. The number of amides is 2. The average Bonchev–Trinajstić information content (AvgIpc) is 2.70. The van der Waals surface area contributed by atoms with E-state index in [2.05, 4.69) is 10.6 Å². The highest BCUT2D eigenvalue weighted by atomic mass is 35.5. The maximum atomic E-state index is 13.7. The first-order chi connectivity index (χ1) is 9.52. The van der Waals surface area contributed by atoms with Crippen LogP contribution in [0.5, 0.6) is 0 Å². The molecule has 1 aromatic rings. The summed E-state index contributed by atoms with van der Waals surface area (Å²) in [6.45, 7) is 0.185. The van der Waals surface area contributed by atoms with Crippen molar-refractivity contribution in [3.63, 3.8) is 0 Å². The fraction of sp³-hybridized carbons (Fsp3) is 0.385. The summed E-state index contributed by atoms with van der Waals surface area (Å²) in [5.41, 5.74) is -0.358. The zero-order chi connectivity index (χ0) is 14.7. The number of rotatable bonds is 4. The molecule has 1 aliphatic rings. The van der Waals surface area contributed by atoms with Crippen molar-refractivity contribution in [2.45, 2.75) is 12.5 Å². The van der Waals surface area contributed by atoms with Gasteiger partial charge in [0, 0.05) is 13.0 Å². The van der Waals surface area contributed by atoms with Gasteiger partial charge in [-0.15, -0.1) is 12.4 Å². The minimum Gasteiger partial charge on any atom is -0.350 e. The molecule has 1 heterocycles. The maximum Gasteiger partial charge on any atom is 0.234 e. The number of hydrogen-bond acceptors (Lipinski definition) is 3. The van der Waals surface area contributed by atoms with Crippen molar-refractivity contribution in [3.05, 3.63) is 29.8 Å². The fourth-order valence-corrected chi connectivity index (χ4v) is 2.21. The van der Waals surface area contributed by atoms with Crippen LogP contribution in [0.3, 0.4) is 0 Å². The van der Waals surface area contributed by atoms with Crippen molar-refractivity contribution in [2.24, 2.45) is 0 Å². The number of benzene rings is 1.